The molecule has 0 unspecified atom stereocenters. The molecule has 15 heteroatoms. The van der Waals surface area contributed by atoms with Gasteiger partial charge in [-0.25, -0.2) is 0 Å². The van der Waals surface area contributed by atoms with Gasteiger partial charge in [0.05, 0.1) is 18.8 Å². The first-order valence-electron chi connectivity index (χ1n) is 12.4. The Bertz CT molecular complexity index is 1490. The van der Waals surface area contributed by atoms with Crippen LogP contribution in [0.4, 0.5) is 0 Å². The Balaban J connectivity index is 1.67. The van der Waals surface area contributed by atoms with Crippen molar-refractivity contribution in [3.63, 3.8) is 0 Å². The number of hydrogen-bond donors (Lipinski definition) is 10. The molecule has 0 amide bonds. The molecule has 0 bridgehead atoms. The van der Waals surface area contributed by atoms with Gasteiger partial charge in [0.1, 0.15) is 71.5 Å². The summed E-state index contributed by atoms with van der Waals surface area (Å²) in [6, 6.07) is 5.33. The third-order valence-electron chi connectivity index (χ3n) is 7.15. The number of ether oxygens (including phenoxy) is 3. The largest absolute Gasteiger partial charge is 0.507 e. The van der Waals surface area contributed by atoms with Crippen molar-refractivity contribution in [2.24, 2.45) is 0 Å². The minimum absolute atomic E-state index is 0.111. The number of aliphatic hydroxyl groups excluding tert-OH is 6. The quantitative estimate of drug-likeness (QED) is 0.150. The molecule has 9 atom stereocenters. The second-order valence-electron chi connectivity index (χ2n) is 9.82. The summed E-state index contributed by atoms with van der Waals surface area (Å²) in [5, 5.41) is 102. The average molecular weight is 580 g/mol. The van der Waals surface area contributed by atoms with Gasteiger partial charge in [0, 0.05) is 17.7 Å². The number of phenolic OH excluding ortho intramolecular Hbond substituents is 4. The Morgan fingerprint density at radius 2 is 1.56 bits per heavy atom. The van der Waals surface area contributed by atoms with Crippen LogP contribution < -0.4 is 5.43 Å². The molecule has 1 aromatic heterocycles. The highest BCUT2D eigenvalue weighted by atomic mass is 16.7. The van der Waals surface area contributed by atoms with Crippen molar-refractivity contribution in [3.05, 3.63) is 46.1 Å². The Morgan fingerprint density at radius 1 is 0.829 bits per heavy atom. The van der Waals surface area contributed by atoms with Crippen molar-refractivity contribution in [1.29, 1.82) is 0 Å². The number of hydrogen-bond acceptors (Lipinski definition) is 15. The second-order valence-corrected chi connectivity index (χ2v) is 9.82. The fourth-order valence-corrected chi connectivity index (χ4v) is 4.94. The van der Waals surface area contributed by atoms with Gasteiger partial charge in [0.15, 0.2) is 28.8 Å². The maximum absolute atomic E-state index is 13.1. The van der Waals surface area contributed by atoms with E-state index in [0.29, 0.717) is 0 Å². The molecule has 2 aromatic carbocycles. The number of fused-ring (bicyclic) bond motifs is 1. The maximum Gasteiger partial charge on any atom is 0.197 e. The van der Waals surface area contributed by atoms with E-state index < -0.39 is 108 Å². The van der Waals surface area contributed by atoms with Gasteiger partial charge >= 0.3 is 0 Å². The molecule has 2 fully saturated rings. The standard InChI is InChI=1S/C26H28O15/c27-6-16-20(35)21(36)25(41-26-22(37)19(34)14(33)7-38-26)24(40-16)18-12(31)4-11(30)17-13(32)5-15(39-23(17)18)8-1-2-9(28)10(29)3-8/h1-5,14,16,19-22,24-31,33-37H,6-7H2/t14-,16+,19-,20-,21+,22-,24+,25-,26+/m1/s1. The zero-order chi connectivity index (χ0) is 29.7. The zero-order valence-corrected chi connectivity index (χ0v) is 21.0. The minimum Gasteiger partial charge on any atom is -0.507 e. The Kier molecular flexibility index (Phi) is 7.82. The molecule has 2 aliphatic heterocycles. The molecular formula is C26H28O15. The molecule has 2 saturated heterocycles. The highest BCUT2D eigenvalue weighted by molar-refractivity contribution is 5.89. The Hall–Kier alpha value is -3.51. The SMILES string of the molecule is O=c1cc(-c2ccc(O)c(O)c2)oc2c([C@@H]3O[C@@H](CO)[C@@H](O)[C@H](O)[C@H]3O[C@@H]3OC[C@@H](O)[C@@H](O)[C@H]3O)c(O)cc(O)c12. The second kappa shape index (κ2) is 11.1. The van der Waals surface area contributed by atoms with E-state index in [-0.39, 0.29) is 16.9 Å². The Labute approximate surface area is 229 Å². The van der Waals surface area contributed by atoms with E-state index in [0.717, 1.165) is 24.3 Å². The van der Waals surface area contributed by atoms with E-state index in [9.17, 15) is 55.9 Å². The summed E-state index contributed by atoms with van der Waals surface area (Å²) in [5.74, 6) is -2.57. The monoisotopic (exact) mass is 580 g/mol. The van der Waals surface area contributed by atoms with Crippen LogP contribution in [0.2, 0.25) is 0 Å². The predicted octanol–water partition coefficient (Wildman–Crippen LogP) is -1.74. The van der Waals surface area contributed by atoms with Gasteiger partial charge in [-0.1, -0.05) is 0 Å². The molecule has 222 valence electrons. The van der Waals surface area contributed by atoms with Crippen LogP contribution in [-0.2, 0) is 14.2 Å². The van der Waals surface area contributed by atoms with E-state index in [4.69, 9.17) is 18.6 Å². The first kappa shape index (κ1) is 29.0. The molecule has 15 nitrogen and oxygen atoms in total. The minimum atomic E-state index is -1.88. The molecule has 41 heavy (non-hydrogen) atoms. The zero-order valence-electron chi connectivity index (χ0n) is 21.0. The van der Waals surface area contributed by atoms with Crippen LogP contribution in [0, 0.1) is 0 Å². The third kappa shape index (κ3) is 5.07. The lowest BCUT2D eigenvalue weighted by Gasteiger charge is -2.45. The van der Waals surface area contributed by atoms with Crippen molar-refractivity contribution in [2.75, 3.05) is 13.2 Å². The van der Waals surface area contributed by atoms with E-state index >= 15 is 0 Å². The predicted molar refractivity (Wildman–Crippen MR) is 134 cm³/mol. The van der Waals surface area contributed by atoms with Crippen molar-refractivity contribution in [2.45, 2.75) is 55.1 Å². The molecule has 0 aliphatic carbocycles. The lowest BCUT2D eigenvalue weighted by Crippen LogP contribution is -2.60. The van der Waals surface area contributed by atoms with E-state index in [1.54, 1.807) is 0 Å². The first-order chi connectivity index (χ1) is 19.4. The van der Waals surface area contributed by atoms with Gasteiger partial charge in [-0.05, 0) is 18.2 Å². The van der Waals surface area contributed by atoms with Gasteiger partial charge in [-0.15, -0.1) is 0 Å². The lowest BCUT2D eigenvalue weighted by molar-refractivity contribution is -0.325. The molecule has 10 N–H and O–H groups in total. The number of benzene rings is 2. The number of rotatable bonds is 5. The maximum atomic E-state index is 13.1. The molecule has 3 aromatic rings. The van der Waals surface area contributed by atoms with Crippen LogP contribution in [0.5, 0.6) is 23.0 Å². The molecule has 5 rings (SSSR count). The van der Waals surface area contributed by atoms with Crippen LogP contribution in [0.15, 0.2) is 39.5 Å². The smallest absolute Gasteiger partial charge is 0.197 e. The van der Waals surface area contributed by atoms with Gasteiger partial charge in [-0.3, -0.25) is 4.79 Å². The number of aromatic hydroxyl groups is 4. The summed E-state index contributed by atoms with van der Waals surface area (Å²) >= 11 is 0. The van der Waals surface area contributed by atoms with Crippen molar-refractivity contribution >= 4 is 11.0 Å². The van der Waals surface area contributed by atoms with E-state index in [1.807, 2.05) is 0 Å². The summed E-state index contributed by atoms with van der Waals surface area (Å²) in [7, 11) is 0. The van der Waals surface area contributed by atoms with Crippen LogP contribution >= 0.6 is 0 Å². The van der Waals surface area contributed by atoms with Crippen LogP contribution in [0.25, 0.3) is 22.3 Å². The Morgan fingerprint density at radius 3 is 2.24 bits per heavy atom. The highest BCUT2D eigenvalue weighted by Gasteiger charge is 2.50. The van der Waals surface area contributed by atoms with Crippen LogP contribution in [0.3, 0.4) is 0 Å². The van der Waals surface area contributed by atoms with Gasteiger partial charge < -0.3 is 69.7 Å². The van der Waals surface area contributed by atoms with E-state index in [2.05, 4.69) is 0 Å². The summed E-state index contributed by atoms with van der Waals surface area (Å²) < 4.78 is 22.6. The van der Waals surface area contributed by atoms with Crippen LogP contribution in [0.1, 0.15) is 11.7 Å². The topological polar surface area (TPSA) is 260 Å². The summed E-state index contributed by atoms with van der Waals surface area (Å²) in [6.45, 7) is -1.28. The van der Waals surface area contributed by atoms with Crippen molar-refractivity contribution < 1.29 is 69.7 Å². The molecule has 0 saturated carbocycles. The molecule has 0 radical (unpaired) electrons. The van der Waals surface area contributed by atoms with Crippen LogP contribution in [-0.4, -0.2) is 113 Å². The van der Waals surface area contributed by atoms with Gasteiger partial charge in [-0.2, -0.15) is 0 Å². The van der Waals surface area contributed by atoms with Crippen molar-refractivity contribution in [3.8, 4) is 34.3 Å². The highest BCUT2D eigenvalue weighted by Crippen LogP contribution is 2.45. The molecular weight excluding hydrogens is 552 g/mol. The summed E-state index contributed by atoms with van der Waals surface area (Å²) in [5.41, 5.74) is -1.53. The van der Waals surface area contributed by atoms with Crippen molar-refractivity contribution in [1.82, 2.24) is 0 Å². The molecule has 2 aliphatic rings. The summed E-state index contributed by atoms with van der Waals surface area (Å²) in [4.78, 5) is 13.1. The fraction of sp³-hybridized carbons (Fsp3) is 0.423. The normalized spacial score (nSPS) is 32.3. The average Bonchev–Trinajstić information content (AvgIpc) is 2.93. The number of phenols is 4. The molecule has 3 heterocycles. The lowest BCUT2D eigenvalue weighted by atomic mass is 9.89. The fourth-order valence-electron chi connectivity index (χ4n) is 4.94. The van der Waals surface area contributed by atoms with Gasteiger partial charge in [0.2, 0.25) is 0 Å². The van der Waals surface area contributed by atoms with E-state index in [1.165, 1.54) is 6.07 Å². The first-order valence-corrected chi connectivity index (χ1v) is 12.4. The molecule has 0 spiro atoms. The van der Waals surface area contributed by atoms with Gasteiger partial charge in [0.25, 0.3) is 0 Å². The third-order valence-corrected chi connectivity index (χ3v) is 7.15. The number of aliphatic hydroxyl groups is 6. The summed E-state index contributed by atoms with van der Waals surface area (Å²) in [6.07, 6.45) is -15.1.